The molecule has 2 aromatic carbocycles. The van der Waals surface area contributed by atoms with Gasteiger partial charge in [0.2, 0.25) is 23.6 Å². The lowest BCUT2D eigenvalue weighted by molar-refractivity contribution is -0.280. The van der Waals surface area contributed by atoms with Gasteiger partial charge in [0.1, 0.15) is 22.5 Å². The van der Waals surface area contributed by atoms with Crippen LogP contribution in [0.2, 0.25) is 0 Å². The molecule has 0 saturated carbocycles. The van der Waals surface area contributed by atoms with Crippen LogP contribution in [-0.4, -0.2) is 69.9 Å². The van der Waals surface area contributed by atoms with Gasteiger partial charge in [0, 0.05) is 45.4 Å². The summed E-state index contributed by atoms with van der Waals surface area (Å²) in [4.78, 5) is 61.9. The standard InChI is InChI=1S/C29H28O15/c1-11-24(40-13(3)31)27(41-14(4)32)28(42-15(5)33)29(38-11)44-26-23(37)22-20(39-12(2)30)9-17(34)10-21(22)43-25(26)16-6-7-18(35)19(36)8-16/h6-11,24,27-29,34-36H,1-5H3/t11-,24+,27-,28-,29+/m0/s1. The molecule has 1 aliphatic rings. The molecule has 0 unspecified atom stereocenters. The first kappa shape index (κ1) is 31.6. The summed E-state index contributed by atoms with van der Waals surface area (Å²) < 4.78 is 39.0. The van der Waals surface area contributed by atoms with Gasteiger partial charge < -0.3 is 48.2 Å². The first-order valence-electron chi connectivity index (χ1n) is 13.0. The van der Waals surface area contributed by atoms with Crippen LogP contribution < -0.4 is 14.9 Å². The van der Waals surface area contributed by atoms with E-state index in [1.165, 1.54) is 13.0 Å². The smallest absolute Gasteiger partial charge is 0.308 e. The van der Waals surface area contributed by atoms with Gasteiger partial charge in [0.05, 0.1) is 6.10 Å². The van der Waals surface area contributed by atoms with Crippen LogP contribution >= 0.6 is 0 Å². The van der Waals surface area contributed by atoms with E-state index in [1.807, 2.05) is 0 Å². The summed E-state index contributed by atoms with van der Waals surface area (Å²) in [5.74, 6) is -6.15. The van der Waals surface area contributed by atoms with Crippen molar-refractivity contribution < 1.29 is 67.3 Å². The molecule has 44 heavy (non-hydrogen) atoms. The molecular formula is C29H28O15. The summed E-state index contributed by atoms with van der Waals surface area (Å²) in [5.41, 5.74) is -1.23. The van der Waals surface area contributed by atoms with Crippen molar-refractivity contribution in [2.75, 3.05) is 0 Å². The predicted molar refractivity (Wildman–Crippen MR) is 146 cm³/mol. The molecule has 5 atom stereocenters. The Bertz CT molecular complexity index is 1690. The van der Waals surface area contributed by atoms with Gasteiger partial charge in [-0.25, -0.2) is 0 Å². The minimum absolute atomic E-state index is 0.00565. The van der Waals surface area contributed by atoms with Crippen molar-refractivity contribution in [3.8, 4) is 40.1 Å². The first-order valence-corrected chi connectivity index (χ1v) is 13.0. The fraction of sp³-hybridized carbons (Fsp3) is 0.345. The lowest BCUT2D eigenvalue weighted by atomic mass is 9.98. The van der Waals surface area contributed by atoms with Crippen LogP contribution in [0.15, 0.2) is 39.5 Å². The summed E-state index contributed by atoms with van der Waals surface area (Å²) in [7, 11) is 0. The van der Waals surface area contributed by atoms with Gasteiger partial charge in [-0.1, -0.05) is 0 Å². The molecule has 15 heteroatoms. The number of esters is 4. The minimum Gasteiger partial charge on any atom is -0.508 e. The Labute approximate surface area is 248 Å². The fourth-order valence-corrected chi connectivity index (χ4v) is 4.63. The molecule has 0 bridgehead atoms. The molecule has 3 N–H and O–H groups in total. The number of fused-ring (bicyclic) bond motifs is 1. The second-order valence-electron chi connectivity index (χ2n) is 9.75. The van der Waals surface area contributed by atoms with Gasteiger partial charge in [0.25, 0.3) is 0 Å². The number of phenols is 3. The lowest BCUT2D eigenvalue weighted by Crippen LogP contribution is -2.62. The van der Waals surface area contributed by atoms with Crippen LogP contribution in [-0.2, 0) is 38.1 Å². The van der Waals surface area contributed by atoms with Gasteiger partial charge in [0.15, 0.2) is 29.5 Å². The number of rotatable bonds is 7. The summed E-state index contributed by atoms with van der Waals surface area (Å²) in [6, 6.07) is 5.49. The Morgan fingerprint density at radius 3 is 1.98 bits per heavy atom. The van der Waals surface area contributed by atoms with Crippen LogP contribution in [0, 0.1) is 0 Å². The number of hydrogen-bond acceptors (Lipinski definition) is 15. The second-order valence-corrected chi connectivity index (χ2v) is 9.75. The number of aromatic hydroxyl groups is 3. The Morgan fingerprint density at radius 1 is 0.773 bits per heavy atom. The van der Waals surface area contributed by atoms with Crippen molar-refractivity contribution >= 4 is 34.8 Å². The van der Waals surface area contributed by atoms with Gasteiger partial charge >= 0.3 is 23.9 Å². The molecule has 0 spiro atoms. The molecule has 234 valence electrons. The summed E-state index contributed by atoms with van der Waals surface area (Å²) in [5, 5.41) is 29.9. The van der Waals surface area contributed by atoms with E-state index < -0.39 is 83.0 Å². The molecule has 2 heterocycles. The van der Waals surface area contributed by atoms with Crippen LogP contribution in [0.1, 0.15) is 34.6 Å². The van der Waals surface area contributed by atoms with Crippen molar-refractivity contribution in [1.82, 2.24) is 0 Å². The molecule has 0 radical (unpaired) electrons. The fourth-order valence-electron chi connectivity index (χ4n) is 4.63. The Kier molecular flexibility index (Phi) is 8.99. The average Bonchev–Trinajstić information content (AvgIpc) is 2.90. The van der Waals surface area contributed by atoms with E-state index in [4.69, 9.17) is 32.8 Å². The largest absolute Gasteiger partial charge is 0.508 e. The van der Waals surface area contributed by atoms with Crippen molar-refractivity contribution in [1.29, 1.82) is 0 Å². The van der Waals surface area contributed by atoms with E-state index in [1.54, 1.807) is 0 Å². The van der Waals surface area contributed by atoms with Gasteiger partial charge in [-0.05, 0) is 25.1 Å². The van der Waals surface area contributed by atoms with Crippen molar-refractivity contribution in [2.24, 2.45) is 0 Å². The predicted octanol–water partition coefficient (Wildman–Crippen LogP) is 2.42. The maximum atomic E-state index is 14.1. The molecule has 1 aromatic heterocycles. The van der Waals surface area contributed by atoms with Crippen LogP contribution in [0.25, 0.3) is 22.3 Å². The second kappa shape index (κ2) is 12.5. The molecule has 1 saturated heterocycles. The Balaban J connectivity index is 1.96. The topological polar surface area (TPSA) is 215 Å². The van der Waals surface area contributed by atoms with Crippen LogP contribution in [0.3, 0.4) is 0 Å². The SMILES string of the molecule is CC(=O)Oc1cc(O)cc2oc(-c3ccc(O)c(O)c3)c(O[C@H]3O[C@@H](C)[C@@H](OC(C)=O)[C@H](OC(C)=O)[C@@H]3OC(C)=O)c(=O)c12. The third-order valence-corrected chi connectivity index (χ3v) is 6.26. The van der Waals surface area contributed by atoms with Gasteiger partial charge in [-0.3, -0.25) is 24.0 Å². The summed E-state index contributed by atoms with van der Waals surface area (Å²) >= 11 is 0. The maximum Gasteiger partial charge on any atom is 0.308 e. The zero-order valence-corrected chi connectivity index (χ0v) is 24.0. The van der Waals surface area contributed by atoms with E-state index in [2.05, 4.69) is 0 Å². The number of carbonyl (C=O) groups excluding carboxylic acids is 4. The third-order valence-electron chi connectivity index (χ3n) is 6.26. The molecular weight excluding hydrogens is 588 g/mol. The molecule has 3 aromatic rings. The number of phenolic OH excluding ortho intramolecular Hbond substituents is 3. The number of carbonyl (C=O) groups is 4. The number of hydrogen-bond donors (Lipinski definition) is 3. The minimum atomic E-state index is -1.70. The van der Waals surface area contributed by atoms with E-state index in [0.717, 1.165) is 52.0 Å². The third kappa shape index (κ3) is 6.67. The van der Waals surface area contributed by atoms with Crippen LogP contribution in [0.4, 0.5) is 0 Å². The highest BCUT2D eigenvalue weighted by atomic mass is 16.7. The molecule has 4 rings (SSSR count). The first-order chi connectivity index (χ1) is 20.7. The molecule has 1 fully saturated rings. The summed E-state index contributed by atoms with van der Waals surface area (Å²) in [6.45, 7) is 5.75. The molecule has 0 aliphatic carbocycles. The Hall–Kier alpha value is -5.31. The van der Waals surface area contributed by atoms with Crippen molar-refractivity contribution in [2.45, 2.75) is 65.3 Å². The molecule has 15 nitrogen and oxygen atoms in total. The zero-order chi connectivity index (χ0) is 32.5. The van der Waals surface area contributed by atoms with Gasteiger partial charge in [-0.15, -0.1) is 0 Å². The maximum absolute atomic E-state index is 14.1. The number of benzene rings is 2. The average molecular weight is 617 g/mol. The molecule has 1 aliphatic heterocycles. The van der Waals surface area contributed by atoms with Crippen LogP contribution in [0.5, 0.6) is 28.7 Å². The quantitative estimate of drug-likeness (QED) is 0.150. The van der Waals surface area contributed by atoms with E-state index in [-0.39, 0.29) is 28.0 Å². The van der Waals surface area contributed by atoms with Crippen molar-refractivity contribution in [3.05, 3.63) is 40.6 Å². The van der Waals surface area contributed by atoms with Crippen molar-refractivity contribution in [3.63, 3.8) is 0 Å². The highest BCUT2D eigenvalue weighted by Crippen LogP contribution is 2.40. The van der Waals surface area contributed by atoms with E-state index in [9.17, 15) is 39.3 Å². The molecule has 0 amide bonds. The highest BCUT2D eigenvalue weighted by Gasteiger charge is 2.52. The normalized spacial score (nSPS) is 21.2. The van der Waals surface area contributed by atoms with E-state index in [0.29, 0.717) is 0 Å². The van der Waals surface area contributed by atoms with Gasteiger partial charge in [-0.2, -0.15) is 0 Å². The lowest BCUT2D eigenvalue weighted by Gasteiger charge is -2.43. The monoisotopic (exact) mass is 616 g/mol. The highest BCUT2D eigenvalue weighted by molar-refractivity contribution is 5.90. The zero-order valence-electron chi connectivity index (χ0n) is 24.0. The van der Waals surface area contributed by atoms with E-state index >= 15 is 0 Å². The summed E-state index contributed by atoms with van der Waals surface area (Å²) in [6.07, 6.45) is -7.09. The number of ether oxygens (including phenoxy) is 6. The Morgan fingerprint density at radius 2 is 1.39 bits per heavy atom.